The van der Waals surface area contributed by atoms with Gasteiger partial charge < -0.3 is 15.1 Å². The third kappa shape index (κ3) is 3.00. The Labute approximate surface area is 136 Å². The summed E-state index contributed by atoms with van der Waals surface area (Å²) in [4.78, 5) is 14.8. The van der Waals surface area contributed by atoms with Gasteiger partial charge in [0.1, 0.15) is 0 Å². The summed E-state index contributed by atoms with van der Waals surface area (Å²) in [5.41, 5.74) is -0.588. The monoisotopic (exact) mass is 311 g/mol. The minimum Gasteiger partial charge on any atom is -0.393 e. The number of likely N-dealkylation sites (tertiary alicyclic amines) is 1. The first kappa shape index (κ1) is 15.7. The minimum atomic E-state index is -1.70. The summed E-state index contributed by atoms with van der Waals surface area (Å²) in [7, 11) is 0. The van der Waals surface area contributed by atoms with Gasteiger partial charge in [0.15, 0.2) is 5.60 Å². The zero-order valence-corrected chi connectivity index (χ0v) is 12.9. The standard InChI is InChI=1S/C19H21NO3/c21-17-11-13-20(14-12-17)18(22)19(23,15-7-3-1-4-8-15)16-9-5-2-6-10-16/h1-10,17,21,23H,11-14H2. The molecule has 0 aromatic heterocycles. The highest BCUT2D eigenvalue weighted by molar-refractivity contribution is 5.90. The van der Waals surface area contributed by atoms with E-state index in [0.717, 1.165) is 0 Å². The van der Waals surface area contributed by atoms with Gasteiger partial charge in [-0.2, -0.15) is 0 Å². The smallest absolute Gasteiger partial charge is 0.263 e. The van der Waals surface area contributed by atoms with Gasteiger partial charge in [0, 0.05) is 13.1 Å². The molecule has 1 saturated heterocycles. The van der Waals surface area contributed by atoms with Crippen LogP contribution in [0.5, 0.6) is 0 Å². The van der Waals surface area contributed by atoms with Crippen molar-refractivity contribution in [2.45, 2.75) is 24.5 Å². The topological polar surface area (TPSA) is 60.8 Å². The van der Waals surface area contributed by atoms with Gasteiger partial charge in [0.05, 0.1) is 6.10 Å². The van der Waals surface area contributed by atoms with E-state index in [0.29, 0.717) is 37.1 Å². The van der Waals surface area contributed by atoms with E-state index in [-0.39, 0.29) is 12.0 Å². The normalized spacial score (nSPS) is 16.3. The highest BCUT2D eigenvalue weighted by Gasteiger charge is 2.43. The molecular weight excluding hydrogens is 290 g/mol. The first-order chi connectivity index (χ1) is 11.1. The van der Waals surface area contributed by atoms with Gasteiger partial charge in [-0.15, -0.1) is 0 Å². The molecule has 4 nitrogen and oxygen atoms in total. The summed E-state index contributed by atoms with van der Waals surface area (Å²) in [6.45, 7) is 0.921. The first-order valence-electron chi connectivity index (χ1n) is 7.93. The van der Waals surface area contributed by atoms with Gasteiger partial charge in [0.25, 0.3) is 5.91 Å². The molecule has 0 aliphatic carbocycles. The van der Waals surface area contributed by atoms with Gasteiger partial charge >= 0.3 is 0 Å². The van der Waals surface area contributed by atoms with Crippen LogP contribution in [0.15, 0.2) is 60.7 Å². The second-order valence-corrected chi connectivity index (χ2v) is 5.97. The maximum atomic E-state index is 13.1. The summed E-state index contributed by atoms with van der Waals surface area (Å²) in [6, 6.07) is 18.0. The molecule has 120 valence electrons. The van der Waals surface area contributed by atoms with Crippen LogP contribution in [0.3, 0.4) is 0 Å². The van der Waals surface area contributed by atoms with Crippen molar-refractivity contribution in [3.05, 3.63) is 71.8 Å². The molecule has 0 radical (unpaired) electrons. The minimum absolute atomic E-state index is 0.332. The molecule has 1 amide bonds. The Morgan fingerprint density at radius 1 is 0.913 bits per heavy atom. The molecule has 1 heterocycles. The molecule has 1 fully saturated rings. The second kappa shape index (κ2) is 6.52. The molecule has 0 spiro atoms. The van der Waals surface area contributed by atoms with Crippen LogP contribution in [0.4, 0.5) is 0 Å². The van der Waals surface area contributed by atoms with Crippen LogP contribution >= 0.6 is 0 Å². The molecule has 2 N–H and O–H groups in total. The van der Waals surface area contributed by atoms with Crippen molar-refractivity contribution >= 4 is 5.91 Å². The van der Waals surface area contributed by atoms with Crippen molar-refractivity contribution in [3.8, 4) is 0 Å². The fourth-order valence-corrected chi connectivity index (χ4v) is 3.07. The number of piperidine rings is 1. The lowest BCUT2D eigenvalue weighted by atomic mass is 9.84. The number of hydrogen-bond donors (Lipinski definition) is 2. The van der Waals surface area contributed by atoms with Crippen molar-refractivity contribution in [2.24, 2.45) is 0 Å². The van der Waals surface area contributed by atoms with Crippen LogP contribution in [-0.4, -0.2) is 40.2 Å². The molecule has 0 saturated carbocycles. The number of aliphatic hydroxyl groups excluding tert-OH is 1. The Morgan fingerprint density at radius 3 is 1.78 bits per heavy atom. The van der Waals surface area contributed by atoms with Gasteiger partial charge in [-0.3, -0.25) is 4.79 Å². The maximum Gasteiger partial charge on any atom is 0.263 e. The van der Waals surface area contributed by atoms with Gasteiger partial charge in [0.2, 0.25) is 0 Å². The van der Waals surface area contributed by atoms with E-state index in [1.165, 1.54) is 0 Å². The van der Waals surface area contributed by atoms with Crippen LogP contribution in [0.1, 0.15) is 24.0 Å². The van der Waals surface area contributed by atoms with E-state index >= 15 is 0 Å². The average Bonchev–Trinajstić information content (AvgIpc) is 2.62. The van der Waals surface area contributed by atoms with E-state index in [1.54, 1.807) is 29.2 Å². The molecule has 0 atom stereocenters. The number of aliphatic hydroxyl groups is 2. The number of amides is 1. The number of benzene rings is 2. The Morgan fingerprint density at radius 2 is 1.35 bits per heavy atom. The number of nitrogens with zero attached hydrogens (tertiary/aromatic N) is 1. The molecule has 2 aromatic carbocycles. The number of rotatable bonds is 3. The molecule has 0 bridgehead atoms. The average molecular weight is 311 g/mol. The Balaban J connectivity index is 2.01. The van der Waals surface area contributed by atoms with Gasteiger partial charge in [-0.05, 0) is 24.0 Å². The van der Waals surface area contributed by atoms with Gasteiger partial charge in [-0.25, -0.2) is 0 Å². The van der Waals surface area contributed by atoms with Crippen molar-refractivity contribution in [1.82, 2.24) is 4.90 Å². The molecule has 1 aliphatic heterocycles. The summed E-state index contributed by atoms with van der Waals surface area (Å²) >= 11 is 0. The predicted molar refractivity (Wildman–Crippen MR) is 87.7 cm³/mol. The largest absolute Gasteiger partial charge is 0.393 e. The number of carbonyl (C=O) groups excluding carboxylic acids is 1. The quantitative estimate of drug-likeness (QED) is 0.910. The van der Waals surface area contributed by atoms with E-state index in [1.807, 2.05) is 36.4 Å². The molecular formula is C19H21NO3. The first-order valence-corrected chi connectivity index (χ1v) is 7.93. The molecule has 1 aliphatic rings. The Kier molecular flexibility index (Phi) is 4.46. The van der Waals surface area contributed by atoms with E-state index in [9.17, 15) is 15.0 Å². The van der Waals surface area contributed by atoms with Crippen molar-refractivity contribution in [2.75, 3.05) is 13.1 Å². The fourth-order valence-electron chi connectivity index (χ4n) is 3.07. The van der Waals surface area contributed by atoms with E-state index in [2.05, 4.69) is 0 Å². The van der Waals surface area contributed by atoms with E-state index in [4.69, 9.17) is 0 Å². The van der Waals surface area contributed by atoms with E-state index < -0.39 is 5.60 Å². The highest BCUT2D eigenvalue weighted by atomic mass is 16.3. The van der Waals surface area contributed by atoms with Crippen LogP contribution in [-0.2, 0) is 10.4 Å². The van der Waals surface area contributed by atoms with Crippen molar-refractivity contribution in [3.63, 3.8) is 0 Å². The zero-order valence-electron chi connectivity index (χ0n) is 12.9. The highest BCUT2D eigenvalue weighted by Crippen LogP contribution is 2.32. The van der Waals surface area contributed by atoms with Crippen LogP contribution in [0.2, 0.25) is 0 Å². The predicted octanol–water partition coefficient (Wildman–Crippen LogP) is 1.91. The third-order valence-electron chi connectivity index (χ3n) is 4.44. The van der Waals surface area contributed by atoms with Crippen LogP contribution in [0.25, 0.3) is 0 Å². The lowest BCUT2D eigenvalue weighted by molar-refractivity contribution is -0.150. The lowest BCUT2D eigenvalue weighted by Crippen LogP contribution is -2.51. The van der Waals surface area contributed by atoms with Gasteiger partial charge in [-0.1, -0.05) is 60.7 Å². The van der Waals surface area contributed by atoms with Crippen molar-refractivity contribution < 1.29 is 15.0 Å². The SMILES string of the molecule is O=C(N1CCC(O)CC1)C(O)(c1ccccc1)c1ccccc1. The third-order valence-corrected chi connectivity index (χ3v) is 4.44. The summed E-state index contributed by atoms with van der Waals surface area (Å²) < 4.78 is 0. The maximum absolute atomic E-state index is 13.1. The van der Waals surface area contributed by atoms with Crippen LogP contribution in [0, 0.1) is 0 Å². The Bertz CT molecular complexity index is 609. The molecule has 3 rings (SSSR count). The summed E-state index contributed by atoms with van der Waals surface area (Å²) in [5.74, 6) is -0.332. The Hall–Kier alpha value is -2.17. The second-order valence-electron chi connectivity index (χ2n) is 5.97. The van der Waals surface area contributed by atoms with Crippen LogP contribution < -0.4 is 0 Å². The lowest BCUT2D eigenvalue weighted by Gasteiger charge is -2.37. The molecule has 4 heteroatoms. The summed E-state index contributed by atoms with van der Waals surface area (Å²) in [6.07, 6.45) is 0.733. The molecule has 23 heavy (non-hydrogen) atoms. The number of hydrogen-bond acceptors (Lipinski definition) is 3. The fraction of sp³-hybridized carbons (Fsp3) is 0.316. The summed E-state index contributed by atoms with van der Waals surface area (Å²) in [5, 5.41) is 21.0. The van der Waals surface area contributed by atoms with Crippen molar-refractivity contribution in [1.29, 1.82) is 0 Å². The zero-order chi connectivity index (χ0) is 16.3. The number of carbonyl (C=O) groups is 1. The molecule has 2 aromatic rings. The molecule has 0 unspecified atom stereocenters.